The normalized spacial score (nSPS) is 12.8. The third kappa shape index (κ3) is 1.95. The van der Waals surface area contributed by atoms with E-state index in [1.165, 1.54) is 5.56 Å². The first-order valence-corrected chi connectivity index (χ1v) is 6.41. The topological polar surface area (TPSA) is 38.9 Å². The number of rotatable bonds is 2. The molecule has 0 saturated heterocycles. The molecule has 0 aliphatic rings. The fraction of sp³-hybridized carbons (Fsp3) is 0.0714. The molecule has 0 radical (unpaired) electrons. The number of nitrogens with two attached hydrogens (primary N) is 1. The van der Waals surface area contributed by atoms with Gasteiger partial charge < -0.3 is 5.73 Å². The minimum atomic E-state index is -0.0501. The lowest BCUT2D eigenvalue weighted by atomic mass is 10.0. The second kappa shape index (κ2) is 4.28. The van der Waals surface area contributed by atoms with Crippen LogP contribution in [0, 0.1) is 0 Å². The Kier molecular flexibility index (Phi) is 2.63. The Balaban J connectivity index is 2.06. The van der Waals surface area contributed by atoms with Crippen LogP contribution >= 0.6 is 11.3 Å². The van der Waals surface area contributed by atoms with Crippen LogP contribution in [-0.2, 0) is 0 Å². The quantitative estimate of drug-likeness (QED) is 0.746. The molecule has 0 fully saturated rings. The van der Waals surface area contributed by atoms with Gasteiger partial charge in [0.25, 0.3) is 0 Å². The highest BCUT2D eigenvalue weighted by atomic mass is 32.1. The van der Waals surface area contributed by atoms with Gasteiger partial charge in [-0.15, -0.1) is 0 Å². The molecular weight excluding hydrogens is 228 g/mol. The van der Waals surface area contributed by atoms with Crippen molar-refractivity contribution in [2.45, 2.75) is 6.04 Å². The Labute approximate surface area is 104 Å². The maximum atomic E-state index is 6.24. The molecule has 2 N–H and O–H groups in total. The number of hydrogen-bond acceptors (Lipinski definition) is 3. The van der Waals surface area contributed by atoms with Gasteiger partial charge in [-0.3, -0.25) is 4.98 Å². The fourth-order valence-electron chi connectivity index (χ4n) is 1.93. The lowest BCUT2D eigenvalue weighted by Gasteiger charge is -2.11. The molecule has 3 rings (SSSR count). The monoisotopic (exact) mass is 240 g/mol. The lowest BCUT2D eigenvalue weighted by molar-refractivity contribution is 0.879. The van der Waals surface area contributed by atoms with Gasteiger partial charge in [0, 0.05) is 11.6 Å². The van der Waals surface area contributed by atoms with Gasteiger partial charge in [-0.25, -0.2) is 0 Å². The molecule has 3 heteroatoms. The number of aromatic nitrogens is 1. The molecular formula is C14H12N2S. The van der Waals surface area contributed by atoms with Gasteiger partial charge in [-0.05, 0) is 46.2 Å². The molecule has 84 valence electrons. The van der Waals surface area contributed by atoms with Gasteiger partial charge in [-0.2, -0.15) is 11.3 Å². The van der Waals surface area contributed by atoms with Crippen LogP contribution in [0.4, 0.5) is 0 Å². The molecule has 2 aromatic heterocycles. The zero-order chi connectivity index (χ0) is 11.7. The Bertz CT molecular complexity index is 632. The lowest BCUT2D eigenvalue weighted by Crippen LogP contribution is -2.10. The van der Waals surface area contributed by atoms with E-state index < -0.39 is 0 Å². The molecule has 0 aliphatic heterocycles. The van der Waals surface area contributed by atoms with Crippen molar-refractivity contribution in [3.8, 4) is 0 Å². The van der Waals surface area contributed by atoms with E-state index in [1.54, 1.807) is 17.5 Å². The van der Waals surface area contributed by atoms with Crippen LogP contribution < -0.4 is 5.73 Å². The maximum absolute atomic E-state index is 6.24. The third-order valence-electron chi connectivity index (χ3n) is 2.89. The number of pyridine rings is 1. The van der Waals surface area contributed by atoms with E-state index in [-0.39, 0.29) is 6.04 Å². The molecule has 3 aromatic rings. The largest absolute Gasteiger partial charge is 0.320 e. The summed E-state index contributed by atoms with van der Waals surface area (Å²) in [6, 6.07) is 12.2. The van der Waals surface area contributed by atoms with Crippen molar-refractivity contribution in [2.75, 3.05) is 0 Å². The molecule has 0 aliphatic carbocycles. The van der Waals surface area contributed by atoms with E-state index in [0.717, 1.165) is 16.5 Å². The van der Waals surface area contributed by atoms with E-state index in [9.17, 15) is 0 Å². The van der Waals surface area contributed by atoms with Crippen LogP contribution in [0.5, 0.6) is 0 Å². The van der Waals surface area contributed by atoms with Crippen molar-refractivity contribution in [1.29, 1.82) is 0 Å². The van der Waals surface area contributed by atoms with Crippen LogP contribution in [0.2, 0.25) is 0 Å². The maximum Gasteiger partial charge on any atom is 0.0702 e. The summed E-state index contributed by atoms with van der Waals surface area (Å²) in [4.78, 5) is 4.31. The SMILES string of the molecule is NC(c1ccsc1)c1ccc2ncccc2c1. The zero-order valence-corrected chi connectivity index (χ0v) is 10.0. The zero-order valence-electron chi connectivity index (χ0n) is 9.21. The highest BCUT2D eigenvalue weighted by Crippen LogP contribution is 2.24. The Morgan fingerprint density at radius 3 is 2.88 bits per heavy atom. The Morgan fingerprint density at radius 1 is 1.12 bits per heavy atom. The van der Waals surface area contributed by atoms with E-state index >= 15 is 0 Å². The van der Waals surface area contributed by atoms with Crippen LogP contribution in [0.3, 0.4) is 0 Å². The first-order chi connectivity index (χ1) is 8.34. The molecule has 1 unspecified atom stereocenters. The molecule has 0 amide bonds. The summed E-state index contributed by atoms with van der Waals surface area (Å²) in [7, 11) is 0. The first kappa shape index (κ1) is 10.4. The Morgan fingerprint density at radius 2 is 2.06 bits per heavy atom. The van der Waals surface area contributed by atoms with Crippen molar-refractivity contribution in [1.82, 2.24) is 4.98 Å². The van der Waals surface area contributed by atoms with Gasteiger partial charge >= 0.3 is 0 Å². The van der Waals surface area contributed by atoms with Gasteiger partial charge in [0.05, 0.1) is 11.6 Å². The van der Waals surface area contributed by atoms with E-state index in [4.69, 9.17) is 5.73 Å². The third-order valence-corrected chi connectivity index (χ3v) is 3.59. The predicted octanol–water partition coefficient (Wildman–Crippen LogP) is 3.34. The summed E-state index contributed by atoms with van der Waals surface area (Å²) in [5.41, 5.74) is 9.54. The minimum absolute atomic E-state index is 0.0501. The summed E-state index contributed by atoms with van der Waals surface area (Å²) < 4.78 is 0. The van der Waals surface area contributed by atoms with Crippen LogP contribution in [0.25, 0.3) is 10.9 Å². The van der Waals surface area contributed by atoms with Gasteiger partial charge in [0.1, 0.15) is 0 Å². The van der Waals surface area contributed by atoms with Crippen LogP contribution in [0.1, 0.15) is 17.2 Å². The highest BCUT2D eigenvalue weighted by Gasteiger charge is 2.09. The molecule has 2 nitrogen and oxygen atoms in total. The highest BCUT2D eigenvalue weighted by molar-refractivity contribution is 7.08. The van der Waals surface area contributed by atoms with E-state index in [1.807, 2.05) is 12.1 Å². The van der Waals surface area contributed by atoms with E-state index in [2.05, 4.69) is 40.0 Å². The predicted molar refractivity (Wildman–Crippen MR) is 72.1 cm³/mol. The number of nitrogens with zero attached hydrogens (tertiary/aromatic N) is 1. The minimum Gasteiger partial charge on any atom is -0.320 e. The molecule has 0 saturated carbocycles. The van der Waals surface area contributed by atoms with Crippen molar-refractivity contribution in [2.24, 2.45) is 5.73 Å². The average Bonchev–Trinajstić information content (AvgIpc) is 2.91. The first-order valence-electron chi connectivity index (χ1n) is 5.47. The number of benzene rings is 1. The van der Waals surface area contributed by atoms with Crippen molar-refractivity contribution < 1.29 is 0 Å². The average molecular weight is 240 g/mol. The standard InChI is InChI=1S/C14H12N2S/c15-14(12-5-7-17-9-12)11-3-4-13-10(8-11)2-1-6-16-13/h1-9,14H,15H2. The summed E-state index contributed by atoms with van der Waals surface area (Å²) in [5, 5.41) is 5.28. The molecule has 0 bridgehead atoms. The van der Waals surface area contributed by atoms with Crippen LogP contribution in [-0.4, -0.2) is 4.98 Å². The second-order valence-corrected chi connectivity index (χ2v) is 4.77. The molecule has 1 aromatic carbocycles. The van der Waals surface area contributed by atoms with Gasteiger partial charge in [0.2, 0.25) is 0 Å². The van der Waals surface area contributed by atoms with Crippen molar-refractivity contribution >= 4 is 22.2 Å². The number of thiophene rings is 1. The van der Waals surface area contributed by atoms with Crippen molar-refractivity contribution in [3.05, 3.63) is 64.5 Å². The van der Waals surface area contributed by atoms with Gasteiger partial charge in [-0.1, -0.05) is 12.1 Å². The number of hydrogen-bond donors (Lipinski definition) is 1. The molecule has 1 atom stereocenters. The van der Waals surface area contributed by atoms with Gasteiger partial charge in [0.15, 0.2) is 0 Å². The van der Waals surface area contributed by atoms with Crippen molar-refractivity contribution in [3.63, 3.8) is 0 Å². The molecule has 17 heavy (non-hydrogen) atoms. The fourth-order valence-corrected chi connectivity index (χ4v) is 2.63. The summed E-state index contributed by atoms with van der Waals surface area (Å²) in [6.45, 7) is 0. The number of fused-ring (bicyclic) bond motifs is 1. The second-order valence-electron chi connectivity index (χ2n) is 3.99. The summed E-state index contributed by atoms with van der Waals surface area (Å²) >= 11 is 1.67. The summed E-state index contributed by atoms with van der Waals surface area (Å²) in [5.74, 6) is 0. The summed E-state index contributed by atoms with van der Waals surface area (Å²) in [6.07, 6.45) is 1.81. The molecule has 2 heterocycles. The van der Waals surface area contributed by atoms with E-state index in [0.29, 0.717) is 0 Å². The smallest absolute Gasteiger partial charge is 0.0702 e. The Hall–Kier alpha value is -1.71. The molecule has 0 spiro atoms. The van der Waals surface area contributed by atoms with Crippen LogP contribution in [0.15, 0.2) is 53.4 Å².